The third-order valence-electron chi connectivity index (χ3n) is 3.10. The van der Waals surface area contributed by atoms with Crippen molar-refractivity contribution in [1.29, 1.82) is 0 Å². The van der Waals surface area contributed by atoms with Gasteiger partial charge in [-0.25, -0.2) is 9.97 Å². The number of carbonyl (C=O) groups is 1. The van der Waals surface area contributed by atoms with Gasteiger partial charge in [-0.05, 0) is 26.0 Å². The molecule has 6 nitrogen and oxygen atoms in total. The molecule has 1 N–H and O–H groups in total. The van der Waals surface area contributed by atoms with Gasteiger partial charge in [0.25, 0.3) is 5.56 Å². The number of benzene rings is 1. The molecule has 0 amide bonds. The van der Waals surface area contributed by atoms with Crippen LogP contribution in [0.4, 0.5) is 11.1 Å². The molecule has 0 unspecified atom stereocenters. The first kappa shape index (κ1) is 14.3. The van der Waals surface area contributed by atoms with Crippen LogP contribution in [-0.4, -0.2) is 20.7 Å². The lowest BCUT2D eigenvalue weighted by Crippen LogP contribution is -2.09. The highest BCUT2D eigenvalue weighted by molar-refractivity contribution is 7.21. The minimum absolute atomic E-state index is 0.0856. The van der Waals surface area contributed by atoms with Crippen LogP contribution in [0.3, 0.4) is 0 Å². The summed E-state index contributed by atoms with van der Waals surface area (Å²) >= 11 is 1.34. The maximum atomic E-state index is 12.0. The number of nitrogens with zero attached hydrogens (tertiary/aromatic N) is 3. The fraction of sp³-hybridized carbons (Fsp3) is 0.133. The first-order chi connectivity index (χ1) is 10.5. The predicted octanol–water partition coefficient (Wildman–Crippen LogP) is 2.70. The normalized spacial score (nSPS) is 10.6. The third kappa shape index (κ3) is 2.71. The maximum absolute atomic E-state index is 12.0. The minimum atomic E-state index is -0.297. The summed E-state index contributed by atoms with van der Waals surface area (Å²) in [6.07, 6.45) is 1.47. The van der Waals surface area contributed by atoms with E-state index in [1.807, 2.05) is 12.1 Å². The Kier molecular flexibility index (Phi) is 3.64. The van der Waals surface area contributed by atoms with Crippen LogP contribution in [0.25, 0.3) is 10.1 Å². The lowest BCUT2D eigenvalue weighted by Gasteiger charge is -2.06. The average molecular weight is 312 g/mol. The second-order valence-electron chi connectivity index (χ2n) is 4.69. The third-order valence-corrected chi connectivity index (χ3v) is 4.07. The van der Waals surface area contributed by atoms with Crippen molar-refractivity contribution >= 4 is 38.3 Å². The van der Waals surface area contributed by atoms with Crippen LogP contribution in [0.2, 0.25) is 0 Å². The Morgan fingerprint density at radius 1 is 1.23 bits per heavy atom. The Morgan fingerprint density at radius 2 is 2.00 bits per heavy atom. The summed E-state index contributed by atoms with van der Waals surface area (Å²) in [6.45, 7) is 3.20. The zero-order valence-corrected chi connectivity index (χ0v) is 12.8. The van der Waals surface area contributed by atoms with Gasteiger partial charge in [0.05, 0.1) is 16.6 Å². The van der Waals surface area contributed by atoms with Crippen LogP contribution in [0.1, 0.15) is 23.0 Å². The highest BCUT2D eigenvalue weighted by atomic mass is 32.1. The summed E-state index contributed by atoms with van der Waals surface area (Å²) in [5.74, 6) is 0.221. The van der Waals surface area contributed by atoms with Crippen LogP contribution in [0.5, 0.6) is 0 Å². The number of rotatable bonds is 3. The van der Waals surface area contributed by atoms with Gasteiger partial charge in [0.1, 0.15) is 0 Å². The molecule has 0 saturated heterocycles. The van der Waals surface area contributed by atoms with Crippen molar-refractivity contribution in [3.05, 3.63) is 52.1 Å². The van der Waals surface area contributed by atoms with Crippen LogP contribution in [-0.2, 0) is 0 Å². The van der Waals surface area contributed by atoms with E-state index >= 15 is 0 Å². The van der Waals surface area contributed by atoms with Gasteiger partial charge < -0.3 is 0 Å². The molecule has 0 fully saturated rings. The molecule has 1 aromatic carbocycles. The van der Waals surface area contributed by atoms with Crippen molar-refractivity contribution in [3.8, 4) is 0 Å². The highest BCUT2D eigenvalue weighted by Gasteiger charge is 2.09. The summed E-state index contributed by atoms with van der Waals surface area (Å²) in [4.78, 5) is 35.6. The van der Waals surface area contributed by atoms with Gasteiger partial charge in [-0.2, -0.15) is 4.98 Å². The largest absolute Gasteiger partial charge is 0.300 e. The summed E-state index contributed by atoms with van der Waals surface area (Å²) in [5.41, 5.74) is 0.761. The summed E-state index contributed by atoms with van der Waals surface area (Å²) < 4.78 is 0.835. The van der Waals surface area contributed by atoms with Gasteiger partial charge in [0, 0.05) is 10.9 Å². The molecule has 0 aliphatic heterocycles. The molecule has 0 aliphatic carbocycles. The monoisotopic (exact) mass is 312 g/mol. The van der Waals surface area contributed by atoms with Crippen LogP contribution in [0, 0.1) is 6.92 Å². The van der Waals surface area contributed by atoms with E-state index in [4.69, 9.17) is 0 Å². The number of carbonyl (C=O) groups excluding carboxylic acids is 1. The van der Waals surface area contributed by atoms with Crippen molar-refractivity contribution < 1.29 is 4.79 Å². The van der Waals surface area contributed by atoms with Gasteiger partial charge >= 0.3 is 0 Å². The van der Waals surface area contributed by atoms with Gasteiger partial charge in [-0.3, -0.25) is 14.9 Å². The van der Waals surface area contributed by atoms with Crippen LogP contribution < -0.4 is 10.9 Å². The fourth-order valence-corrected chi connectivity index (χ4v) is 2.92. The van der Waals surface area contributed by atoms with Gasteiger partial charge in [-0.1, -0.05) is 23.5 Å². The lowest BCUT2D eigenvalue weighted by atomic mass is 10.2. The highest BCUT2D eigenvalue weighted by Crippen LogP contribution is 2.22. The molecular weight excluding hydrogens is 300 g/mol. The van der Waals surface area contributed by atoms with E-state index in [1.54, 1.807) is 19.1 Å². The topological polar surface area (TPSA) is 84.8 Å². The molecule has 0 spiro atoms. The number of hydrogen-bond acceptors (Lipinski definition) is 7. The molecule has 0 atom stereocenters. The van der Waals surface area contributed by atoms with Gasteiger partial charge in [0.15, 0.2) is 10.9 Å². The zero-order chi connectivity index (χ0) is 15.7. The lowest BCUT2D eigenvalue weighted by molar-refractivity contribution is 0.101. The zero-order valence-electron chi connectivity index (χ0n) is 12.0. The SMILES string of the molecule is CC(=O)c1cnc(Nc2nc(=O)c3ccccc3s2)nc1C. The molecule has 110 valence electrons. The van der Waals surface area contributed by atoms with Crippen molar-refractivity contribution in [1.82, 2.24) is 15.0 Å². The number of ketones is 1. The number of aromatic nitrogens is 3. The summed E-state index contributed by atoms with van der Waals surface area (Å²) in [7, 11) is 0. The number of nitrogens with one attached hydrogen (secondary N) is 1. The molecule has 7 heteroatoms. The average Bonchev–Trinajstić information content (AvgIpc) is 2.47. The summed E-state index contributed by atoms with van der Waals surface area (Å²) in [6, 6.07) is 7.27. The van der Waals surface area contributed by atoms with E-state index < -0.39 is 0 Å². The van der Waals surface area contributed by atoms with E-state index in [9.17, 15) is 9.59 Å². The van der Waals surface area contributed by atoms with Crippen molar-refractivity contribution in [2.75, 3.05) is 5.32 Å². The molecule has 0 aliphatic rings. The Balaban J connectivity index is 1.98. The van der Waals surface area contributed by atoms with Crippen molar-refractivity contribution in [2.24, 2.45) is 0 Å². The molecule has 2 aromatic heterocycles. The molecule has 3 rings (SSSR count). The van der Waals surface area contributed by atoms with Crippen LogP contribution >= 0.6 is 11.3 Å². The second-order valence-corrected chi connectivity index (χ2v) is 5.72. The van der Waals surface area contributed by atoms with E-state index in [2.05, 4.69) is 20.3 Å². The fourth-order valence-electron chi connectivity index (χ4n) is 2.03. The van der Waals surface area contributed by atoms with Gasteiger partial charge in [0.2, 0.25) is 5.95 Å². The number of anilines is 2. The Hall–Kier alpha value is -2.67. The maximum Gasteiger partial charge on any atom is 0.281 e. The number of Topliss-reactive ketones (excluding diaryl/α,β-unsaturated/α-hetero) is 1. The smallest absolute Gasteiger partial charge is 0.281 e. The number of hydrogen-bond donors (Lipinski definition) is 1. The molecular formula is C15H12N4O2S. The Bertz CT molecular complexity index is 936. The molecule has 0 saturated carbocycles. The first-order valence-corrected chi connectivity index (χ1v) is 7.38. The number of fused-ring (bicyclic) bond motifs is 1. The molecule has 2 heterocycles. The van der Waals surface area contributed by atoms with E-state index in [-0.39, 0.29) is 11.3 Å². The van der Waals surface area contributed by atoms with Crippen molar-refractivity contribution in [3.63, 3.8) is 0 Å². The van der Waals surface area contributed by atoms with Crippen molar-refractivity contribution in [2.45, 2.75) is 13.8 Å². The van der Waals surface area contributed by atoms with Crippen LogP contribution in [0.15, 0.2) is 35.3 Å². The predicted molar refractivity (Wildman–Crippen MR) is 85.9 cm³/mol. The molecule has 3 aromatic rings. The Labute approximate surface area is 129 Å². The second kappa shape index (κ2) is 5.61. The first-order valence-electron chi connectivity index (χ1n) is 6.56. The summed E-state index contributed by atoms with van der Waals surface area (Å²) in [5, 5.41) is 3.92. The van der Waals surface area contributed by atoms with Gasteiger partial charge in [-0.15, -0.1) is 0 Å². The molecule has 22 heavy (non-hydrogen) atoms. The Morgan fingerprint density at radius 3 is 2.73 bits per heavy atom. The number of aryl methyl sites for hydroxylation is 1. The molecule has 0 bridgehead atoms. The van der Waals surface area contributed by atoms with E-state index in [0.717, 1.165) is 4.70 Å². The minimum Gasteiger partial charge on any atom is -0.300 e. The van der Waals surface area contributed by atoms with E-state index in [1.165, 1.54) is 24.5 Å². The molecule has 0 radical (unpaired) electrons. The standard InChI is InChI=1S/C15H12N4O2S/c1-8-11(9(2)20)7-16-14(17-8)19-15-18-13(21)10-5-3-4-6-12(10)22-15/h3-7H,1-2H3,(H,16,17,18,19,21). The quantitative estimate of drug-likeness (QED) is 0.748. The van der Waals surface area contributed by atoms with E-state index in [0.29, 0.717) is 27.7 Å².